The minimum atomic E-state index is -0.965. The Labute approximate surface area is 179 Å². The first-order valence-electron chi connectivity index (χ1n) is 9.80. The van der Waals surface area contributed by atoms with Gasteiger partial charge >= 0.3 is 5.97 Å². The number of aromatic amines is 1. The molecule has 0 bridgehead atoms. The number of fused-ring (bicyclic) bond motifs is 1. The Morgan fingerprint density at radius 3 is 2.61 bits per heavy atom. The molecule has 9 heteroatoms. The van der Waals surface area contributed by atoms with Gasteiger partial charge in [-0.15, -0.1) is 0 Å². The summed E-state index contributed by atoms with van der Waals surface area (Å²) in [5.41, 5.74) is 1.82. The second kappa shape index (κ2) is 10.2. The lowest BCUT2D eigenvalue weighted by molar-refractivity contribution is -0.154. The fraction of sp³-hybridized carbons (Fsp3) is 0.273. The average Bonchev–Trinajstić information content (AvgIpc) is 3.21. The molecule has 31 heavy (non-hydrogen) atoms. The van der Waals surface area contributed by atoms with Crippen LogP contribution in [0.25, 0.3) is 10.9 Å². The van der Waals surface area contributed by atoms with Crippen LogP contribution in [0.2, 0.25) is 0 Å². The number of benzene rings is 2. The summed E-state index contributed by atoms with van der Waals surface area (Å²) in [7, 11) is 1.55. The molecule has 2 amide bonds. The fourth-order valence-corrected chi connectivity index (χ4v) is 2.98. The maximum absolute atomic E-state index is 12.3. The highest BCUT2D eigenvalue weighted by atomic mass is 16.5. The smallest absolute Gasteiger partial charge is 0.308 e. The molecule has 0 saturated carbocycles. The molecule has 0 aliphatic heterocycles. The van der Waals surface area contributed by atoms with Crippen LogP contribution in [0.1, 0.15) is 29.4 Å². The van der Waals surface area contributed by atoms with E-state index in [0.717, 1.165) is 11.1 Å². The minimum absolute atomic E-state index is 0.0639. The summed E-state index contributed by atoms with van der Waals surface area (Å²) in [5, 5.41) is 12.8. The topological polar surface area (TPSA) is 122 Å². The van der Waals surface area contributed by atoms with Crippen LogP contribution in [0, 0.1) is 0 Å². The van der Waals surface area contributed by atoms with Crippen molar-refractivity contribution >= 4 is 28.7 Å². The number of nitrogens with zero attached hydrogens (tertiary/aromatic N) is 1. The number of amides is 2. The van der Waals surface area contributed by atoms with E-state index in [1.165, 1.54) is 6.92 Å². The van der Waals surface area contributed by atoms with Crippen LogP contribution in [-0.2, 0) is 20.9 Å². The van der Waals surface area contributed by atoms with Gasteiger partial charge in [0.1, 0.15) is 5.75 Å². The largest absolute Gasteiger partial charge is 0.496 e. The van der Waals surface area contributed by atoms with Gasteiger partial charge in [0, 0.05) is 24.0 Å². The molecule has 0 fully saturated rings. The summed E-state index contributed by atoms with van der Waals surface area (Å²) in [6.45, 7) is 1.80. The van der Waals surface area contributed by atoms with Crippen molar-refractivity contribution in [2.45, 2.75) is 26.0 Å². The SMILES string of the molecule is COc1ccccc1CNC(=O)C(C)OC(=O)CCNC(=O)c1n[nH]c2ccccc12. The maximum Gasteiger partial charge on any atom is 0.308 e. The first-order chi connectivity index (χ1) is 15.0. The van der Waals surface area contributed by atoms with Crippen LogP contribution in [0.4, 0.5) is 0 Å². The molecule has 1 heterocycles. The van der Waals surface area contributed by atoms with Crippen LogP contribution < -0.4 is 15.4 Å². The van der Waals surface area contributed by atoms with Crippen molar-refractivity contribution in [3.05, 3.63) is 59.8 Å². The van der Waals surface area contributed by atoms with Gasteiger partial charge in [-0.3, -0.25) is 19.5 Å². The molecule has 1 atom stereocenters. The summed E-state index contributed by atoms with van der Waals surface area (Å²) >= 11 is 0. The van der Waals surface area contributed by atoms with Gasteiger partial charge in [0.05, 0.1) is 19.0 Å². The Morgan fingerprint density at radius 2 is 1.81 bits per heavy atom. The lowest BCUT2D eigenvalue weighted by Crippen LogP contribution is -2.36. The number of nitrogens with one attached hydrogen (secondary N) is 3. The number of rotatable bonds is 9. The standard InChI is InChI=1S/C22H24N4O5/c1-14(21(28)24-13-15-7-3-6-10-18(15)30-2)31-19(27)11-12-23-22(29)20-16-8-4-5-9-17(16)25-26-20/h3-10,14H,11-13H2,1-2H3,(H,23,29)(H,24,28)(H,25,26). The van der Waals surface area contributed by atoms with Crippen molar-refractivity contribution < 1.29 is 23.9 Å². The number of hydrogen-bond donors (Lipinski definition) is 3. The summed E-state index contributed by atoms with van der Waals surface area (Å²) < 4.78 is 10.4. The Balaban J connectivity index is 1.41. The zero-order chi connectivity index (χ0) is 22.2. The summed E-state index contributed by atoms with van der Waals surface area (Å²) in [6, 6.07) is 14.6. The van der Waals surface area contributed by atoms with Crippen LogP contribution in [-0.4, -0.2) is 47.7 Å². The van der Waals surface area contributed by atoms with Crippen molar-refractivity contribution in [2.75, 3.05) is 13.7 Å². The fourth-order valence-electron chi connectivity index (χ4n) is 2.98. The van der Waals surface area contributed by atoms with Gasteiger partial charge in [0.15, 0.2) is 11.8 Å². The maximum atomic E-state index is 12.3. The van der Waals surface area contributed by atoms with E-state index in [1.807, 2.05) is 36.4 Å². The Hall–Kier alpha value is -3.88. The zero-order valence-corrected chi connectivity index (χ0v) is 17.3. The minimum Gasteiger partial charge on any atom is -0.496 e. The van der Waals surface area contributed by atoms with E-state index in [4.69, 9.17) is 9.47 Å². The normalized spacial score (nSPS) is 11.5. The Bertz CT molecular complexity index is 1080. The third-order valence-corrected chi connectivity index (χ3v) is 4.62. The van der Waals surface area contributed by atoms with E-state index in [9.17, 15) is 14.4 Å². The van der Waals surface area contributed by atoms with E-state index in [1.54, 1.807) is 19.2 Å². The Morgan fingerprint density at radius 1 is 1.06 bits per heavy atom. The molecular formula is C22H24N4O5. The number of aromatic nitrogens is 2. The second-order valence-electron chi connectivity index (χ2n) is 6.79. The van der Waals surface area contributed by atoms with Crippen molar-refractivity contribution in [1.82, 2.24) is 20.8 Å². The lowest BCUT2D eigenvalue weighted by Gasteiger charge is -2.14. The number of H-pyrrole nitrogens is 1. The van der Waals surface area contributed by atoms with Gasteiger partial charge in [0.25, 0.3) is 11.8 Å². The molecule has 0 spiro atoms. The van der Waals surface area contributed by atoms with E-state index in [0.29, 0.717) is 11.1 Å². The van der Waals surface area contributed by atoms with E-state index in [2.05, 4.69) is 20.8 Å². The van der Waals surface area contributed by atoms with E-state index in [-0.39, 0.29) is 25.2 Å². The molecule has 0 aliphatic carbocycles. The van der Waals surface area contributed by atoms with E-state index < -0.39 is 23.9 Å². The van der Waals surface area contributed by atoms with Crippen molar-refractivity contribution in [3.63, 3.8) is 0 Å². The summed E-state index contributed by atoms with van der Waals surface area (Å²) in [5.74, 6) is -0.751. The van der Waals surface area contributed by atoms with Crippen LogP contribution in [0.3, 0.4) is 0 Å². The van der Waals surface area contributed by atoms with Gasteiger partial charge in [-0.1, -0.05) is 36.4 Å². The van der Waals surface area contributed by atoms with Crippen LogP contribution in [0.5, 0.6) is 5.75 Å². The van der Waals surface area contributed by atoms with Crippen molar-refractivity contribution in [1.29, 1.82) is 0 Å². The van der Waals surface area contributed by atoms with Crippen molar-refractivity contribution in [3.8, 4) is 5.75 Å². The van der Waals surface area contributed by atoms with Crippen LogP contribution in [0.15, 0.2) is 48.5 Å². The average molecular weight is 424 g/mol. The molecule has 3 N–H and O–H groups in total. The highest BCUT2D eigenvalue weighted by Gasteiger charge is 2.19. The van der Waals surface area contributed by atoms with Gasteiger partial charge < -0.3 is 20.1 Å². The quantitative estimate of drug-likeness (QED) is 0.451. The van der Waals surface area contributed by atoms with Crippen LogP contribution >= 0.6 is 0 Å². The highest BCUT2D eigenvalue weighted by Crippen LogP contribution is 2.17. The molecule has 162 valence electrons. The molecule has 9 nitrogen and oxygen atoms in total. The molecule has 1 aromatic heterocycles. The van der Waals surface area contributed by atoms with Gasteiger partial charge in [-0.05, 0) is 19.1 Å². The molecule has 0 aliphatic rings. The van der Waals surface area contributed by atoms with Gasteiger partial charge in [0.2, 0.25) is 0 Å². The second-order valence-corrected chi connectivity index (χ2v) is 6.79. The molecule has 1 unspecified atom stereocenters. The zero-order valence-electron chi connectivity index (χ0n) is 17.3. The third kappa shape index (κ3) is 5.59. The lowest BCUT2D eigenvalue weighted by atomic mass is 10.2. The first-order valence-corrected chi connectivity index (χ1v) is 9.80. The molecule has 3 rings (SSSR count). The molecule has 0 saturated heterocycles. The molecule has 2 aromatic carbocycles. The van der Waals surface area contributed by atoms with Gasteiger partial charge in [-0.25, -0.2) is 0 Å². The number of ether oxygens (including phenoxy) is 2. The number of esters is 1. The highest BCUT2D eigenvalue weighted by molar-refractivity contribution is 6.04. The van der Waals surface area contributed by atoms with Gasteiger partial charge in [-0.2, -0.15) is 5.10 Å². The molecule has 3 aromatic rings. The predicted molar refractivity (Wildman–Crippen MR) is 113 cm³/mol. The number of hydrogen-bond acceptors (Lipinski definition) is 6. The summed E-state index contributed by atoms with van der Waals surface area (Å²) in [4.78, 5) is 36.5. The van der Waals surface area contributed by atoms with E-state index >= 15 is 0 Å². The summed E-state index contributed by atoms with van der Waals surface area (Å²) in [6.07, 6.45) is -1.04. The first kappa shape index (κ1) is 21.8. The number of carbonyl (C=O) groups excluding carboxylic acids is 3. The number of methoxy groups -OCH3 is 1. The predicted octanol–water partition coefficient (Wildman–Crippen LogP) is 1.94. The monoisotopic (exact) mass is 424 g/mol. The molecule has 0 radical (unpaired) electrons. The number of para-hydroxylation sites is 2. The third-order valence-electron chi connectivity index (χ3n) is 4.62. The van der Waals surface area contributed by atoms with Crippen molar-refractivity contribution in [2.24, 2.45) is 0 Å². The Kier molecular flexibility index (Phi) is 7.21. The number of carbonyl (C=O) groups is 3. The molecular weight excluding hydrogens is 400 g/mol.